The third-order valence-electron chi connectivity index (χ3n) is 4.94. The van der Waals surface area contributed by atoms with E-state index in [1.807, 2.05) is 0 Å². The van der Waals surface area contributed by atoms with E-state index in [1.54, 1.807) is 11.3 Å². The number of anilines is 1. The maximum absolute atomic E-state index is 4.68. The summed E-state index contributed by atoms with van der Waals surface area (Å²) in [6.45, 7) is 3.27. The molecule has 0 saturated heterocycles. The van der Waals surface area contributed by atoms with E-state index < -0.39 is 0 Å². The van der Waals surface area contributed by atoms with E-state index in [1.165, 1.54) is 35.9 Å². The summed E-state index contributed by atoms with van der Waals surface area (Å²) in [6.07, 6.45) is 5.89. The summed E-state index contributed by atoms with van der Waals surface area (Å²) in [5, 5.41) is 4.69. The molecular formula is C16H20N2S. The molecule has 2 nitrogen and oxygen atoms in total. The van der Waals surface area contributed by atoms with Gasteiger partial charge in [-0.25, -0.2) is 4.98 Å². The predicted molar refractivity (Wildman–Crippen MR) is 81.8 cm³/mol. The number of aromatic nitrogens is 1. The van der Waals surface area contributed by atoms with Crippen molar-refractivity contribution in [1.82, 2.24) is 4.98 Å². The van der Waals surface area contributed by atoms with Crippen molar-refractivity contribution in [2.75, 3.05) is 11.9 Å². The van der Waals surface area contributed by atoms with Gasteiger partial charge in [0.15, 0.2) is 5.13 Å². The van der Waals surface area contributed by atoms with Gasteiger partial charge in [0.25, 0.3) is 0 Å². The first-order valence-electron chi connectivity index (χ1n) is 7.39. The summed E-state index contributed by atoms with van der Waals surface area (Å²) in [4.78, 5) is 4.68. The van der Waals surface area contributed by atoms with Crippen molar-refractivity contribution in [3.63, 3.8) is 0 Å². The largest absolute Gasteiger partial charge is 0.361 e. The number of hydrogen-bond acceptors (Lipinski definition) is 3. The summed E-state index contributed by atoms with van der Waals surface area (Å²) in [6, 6.07) is 6.50. The van der Waals surface area contributed by atoms with E-state index in [2.05, 4.69) is 35.4 Å². The molecule has 1 heterocycles. The van der Waals surface area contributed by atoms with Crippen molar-refractivity contribution < 1.29 is 0 Å². The maximum atomic E-state index is 4.68. The fraction of sp³-hybridized carbons (Fsp3) is 0.562. The Morgan fingerprint density at radius 1 is 1.32 bits per heavy atom. The highest BCUT2D eigenvalue weighted by Gasteiger charge is 2.39. The van der Waals surface area contributed by atoms with Gasteiger partial charge in [0.05, 0.1) is 10.2 Å². The van der Waals surface area contributed by atoms with E-state index in [0.717, 1.165) is 34.9 Å². The van der Waals surface area contributed by atoms with Crippen LogP contribution in [0.1, 0.15) is 31.2 Å². The van der Waals surface area contributed by atoms with Crippen molar-refractivity contribution >= 4 is 26.7 Å². The van der Waals surface area contributed by atoms with E-state index in [9.17, 15) is 0 Å². The molecule has 3 atom stereocenters. The van der Waals surface area contributed by atoms with Crippen LogP contribution in [0, 0.1) is 24.7 Å². The molecule has 2 fully saturated rings. The number of rotatable bonds is 3. The van der Waals surface area contributed by atoms with Gasteiger partial charge in [-0.15, -0.1) is 0 Å². The third-order valence-corrected chi connectivity index (χ3v) is 5.92. The van der Waals surface area contributed by atoms with Gasteiger partial charge in [-0.1, -0.05) is 23.8 Å². The molecule has 2 aliphatic rings. The van der Waals surface area contributed by atoms with Gasteiger partial charge in [0.1, 0.15) is 0 Å². The van der Waals surface area contributed by atoms with Crippen LogP contribution in [-0.2, 0) is 0 Å². The Morgan fingerprint density at radius 3 is 3.05 bits per heavy atom. The first-order chi connectivity index (χ1) is 9.28. The molecule has 2 bridgehead atoms. The Hall–Kier alpha value is -1.09. The van der Waals surface area contributed by atoms with Crippen LogP contribution in [0.2, 0.25) is 0 Å². The van der Waals surface area contributed by atoms with Gasteiger partial charge in [-0.05, 0) is 61.6 Å². The second-order valence-electron chi connectivity index (χ2n) is 6.31. The SMILES string of the molecule is Cc1ccc2nc(NCC3CC4CCC3C4)sc2c1. The van der Waals surface area contributed by atoms with Gasteiger partial charge >= 0.3 is 0 Å². The zero-order valence-electron chi connectivity index (χ0n) is 11.4. The average molecular weight is 272 g/mol. The quantitative estimate of drug-likeness (QED) is 0.892. The Balaban J connectivity index is 1.46. The molecule has 1 N–H and O–H groups in total. The minimum Gasteiger partial charge on any atom is -0.361 e. The highest BCUT2D eigenvalue weighted by atomic mass is 32.1. The zero-order valence-corrected chi connectivity index (χ0v) is 12.2. The lowest BCUT2D eigenvalue weighted by molar-refractivity contribution is 0.348. The van der Waals surface area contributed by atoms with Crippen LogP contribution in [-0.4, -0.2) is 11.5 Å². The lowest BCUT2D eigenvalue weighted by atomic mass is 9.89. The lowest BCUT2D eigenvalue weighted by Gasteiger charge is -2.21. The molecule has 1 aromatic carbocycles. The molecule has 2 saturated carbocycles. The van der Waals surface area contributed by atoms with Gasteiger partial charge in [-0.3, -0.25) is 0 Å². The second kappa shape index (κ2) is 4.48. The number of fused-ring (bicyclic) bond motifs is 3. The van der Waals surface area contributed by atoms with E-state index in [0.29, 0.717) is 0 Å². The topological polar surface area (TPSA) is 24.9 Å². The molecule has 2 aliphatic carbocycles. The van der Waals surface area contributed by atoms with Crippen LogP contribution in [0.4, 0.5) is 5.13 Å². The molecule has 3 heteroatoms. The van der Waals surface area contributed by atoms with Crippen LogP contribution < -0.4 is 5.32 Å². The van der Waals surface area contributed by atoms with Crippen molar-refractivity contribution in [3.05, 3.63) is 23.8 Å². The van der Waals surface area contributed by atoms with Crippen molar-refractivity contribution in [3.8, 4) is 0 Å². The fourth-order valence-corrected chi connectivity index (χ4v) is 4.92. The molecule has 0 radical (unpaired) electrons. The highest BCUT2D eigenvalue weighted by Crippen LogP contribution is 2.48. The molecule has 2 aromatic rings. The standard InChI is InChI=1S/C16H20N2S/c1-10-2-5-14-15(6-10)19-16(18-14)17-9-13-8-11-3-4-12(13)7-11/h2,5-6,11-13H,3-4,7-9H2,1H3,(H,17,18). The molecule has 100 valence electrons. The number of aryl methyl sites for hydroxylation is 1. The minimum absolute atomic E-state index is 0.896. The van der Waals surface area contributed by atoms with E-state index in [4.69, 9.17) is 0 Å². The van der Waals surface area contributed by atoms with Crippen LogP contribution >= 0.6 is 11.3 Å². The van der Waals surface area contributed by atoms with Crippen molar-refractivity contribution in [2.45, 2.75) is 32.6 Å². The number of nitrogens with one attached hydrogen (secondary N) is 1. The van der Waals surface area contributed by atoms with Crippen LogP contribution in [0.15, 0.2) is 18.2 Å². The Kier molecular flexibility index (Phi) is 2.76. The maximum Gasteiger partial charge on any atom is 0.183 e. The molecule has 4 rings (SSSR count). The second-order valence-corrected chi connectivity index (χ2v) is 7.34. The average Bonchev–Trinajstić information content (AvgIpc) is 3.09. The smallest absolute Gasteiger partial charge is 0.183 e. The Morgan fingerprint density at radius 2 is 2.26 bits per heavy atom. The van der Waals surface area contributed by atoms with Crippen molar-refractivity contribution in [1.29, 1.82) is 0 Å². The summed E-state index contributed by atoms with van der Waals surface area (Å²) in [5.41, 5.74) is 2.45. The summed E-state index contributed by atoms with van der Waals surface area (Å²) >= 11 is 1.79. The van der Waals surface area contributed by atoms with Crippen molar-refractivity contribution in [2.24, 2.45) is 17.8 Å². The van der Waals surface area contributed by atoms with Crippen LogP contribution in [0.3, 0.4) is 0 Å². The van der Waals surface area contributed by atoms with Gasteiger partial charge in [0.2, 0.25) is 0 Å². The molecule has 0 aliphatic heterocycles. The van der Waals surface area contributed by atoms with Gasteiger partial charge in [0, 0.05) is 6.54 Å². The first-order valence-corrected chi connectivity index (χ1v) is 8.20. The molecular weight excluding hydrogens is 252 g/mol. The fourth-order valence-electron chi connectivity index (χ4n) is 3.95. The normalized spacial score (nSPS) is 29.2. The molecule has 0 amide bonds. The van der Waals surface area contributed by atoms with Crippen LogP contribution in [0.5, 0.6) is 0 Å². The summed E-state index contributed by atoms with van der Waals surface area (Å²) in [5.74, 6) is 2.93. The Labute approximate surface area is 118 Å². The van der Waals surface area contributed by atoms with E-state index >= 15 is 0 Å². The highest BCUT2D eigenvalue weighted by molar-refractivity contribution is 7.22. The summed E-state index contributed by atoms with van der Waals surface area (Å²) in [7, 11) is 0. The number of benzene rings is 1. The number of hydrogen-bond donors (Lipinski definition) is 1. The monoisotopic (exact) mass is 272 g/mol. The van der Waals surface area contributed by atoms with Crippen LogP contribution in [0.25, 0.3) is 10.2 Å². The van der Waals surface area contributed by atoms with E-state index in [-0.39, 0.29) is 0 Å². The predicted octanol–water partition coefficient (Wildman–Crippen LogP) is 4.45. The van der Waals surface area contributed by atoms with Gasteiger partial charge in [-0.2, -0.15) is 0 Å². The summed E-state index contributed by atoms with van der Waals surface area (Å²) < 4.78 is 1.30. The molecule has 3 unspecified atom stereocenters. The minimum atomic E-state index is 0.896. The van der Waals surface area contributed by atoms with Gasteiger partial charge < -0.3 is 5.32 Å². The Bertz CT molecular complexity index is 604. The molecule has 0 spiro atoms. The molecule has 1 aromatic heterocycles. The lowest BCUT2D eigenvalue weighted by Crippen LogP contribution is -2.19. The third kappa shape index (κ3) is 2.14. The zero-order chi connectivity index (χ0) is 12.8. The number of nitrogens with zero attached hydrogens (tertiary/aromatic N) is 1. The number of thiazole rings is 1. The molecule has 19 heavy (non-hydrogen) atoms. The first kappa shape index (κ1) is 11.7.